The highest BCUT2D eigenvalue weighted by Gasteiger charge is 2.23. The Labute approximate surface area is 150 Å². The van der Waals surface area contributed by atoms with Gasteiger partial charge in [-0.2, -0.15) is 4.31 Å². The molecule has 10 heteroatoms. The highest BCUT2D eigenvalue weighted by atomic mass is 32.2. The molecule has 1 atom stereocenters. The molecule has 1 aromatic carbocycles. The maximum Gasteiger partial charge on any atom is 0.240 e. The number of rotatable bonds is 10. The highest BCUT2D eigenvalue weighted by molar-refractivity contribution is 7.89. The van der Waals surface area contributed by atoms with Crippen LogP contribution in [-0.4, -0.2) is 60.7 Å². The zero-order valence-electron chi connectivity index (χ0n) is 15.1. The average molecular weight is 395 g/mol. The molecule has 8 nitrogen and oxygen atoms in total. The number of ether oxygens (including phenoxy) is 2. The minimum Gasteiger partial charge on any atom is -0.493 e. The van der Waals surface area contributed by atoms with E-state index >= 15 is 0 Å². The van der Waals surface area contributed by atoms with Crippen LogP contribution in [0.4, 0.5) is 0 Å². The van der Waals surface area contributed by atoms with Gasteiger partial charge in [0.25, 0.3) is 0 Å². The quantitative estimate of drug-likeness (QED) is 0.636. The van der Waals surface area contributed by atoms with E-state index in [2.05, 4.69) is 4.72 Å². The molecule has 0 aliphatic rings. The number of methoxy groups -OCH3 is 2. The fraction of sp³-hybridized carbons (Fsp3) is 0.600. The maximum atomic E-state index is 12.4. The first-order valence-electron chi connectivity index (χ1n) is 7.75. The Balaban J connectivity index is 2.88. The Kier molecular flexibility index (Phi) is 7.66. The molecule has 0 aromatic heterocycles. The van der Waals surface area contributed by atoms with Crippen molar-refractivity contribution in [2.45, 2.75) is 31.2 Å². The van der Waals surface area contributed by atoms with Crippen LogP contribution >= 0.6 is 0 Å². The van der Waals surface area contributed by atoms with Gasteiger partial charge in [-0.25, -0.2) is 21.6 Å². The van der Waals surface area contributed by atoms with Crippen molar-refractivity contribution in [3.63, 3.8) is 0 Å². The van der Waals surface area contributed by atoms with E-state index in [1.165, 1.54) is 36.7 Å². The third kappa shape index (κ3) is 5.84. The van der Waals surface area contributed by atoms with Crippen molar-refractivity contribution in [2.75, 3.05) is 33.6 Å². The smallest absolute Gasteiger partial charge is 0.240 e. The van der Waals surface area contributed by atoms with Gasteiger partial charge in [-0.1, -0.05) is 6.92 Å². The Morgan fingerprint density at radius 3 is 2.20 bits per heavy atom. The summed E-state index contributed by atoms with van der Waals surface area (Å²) >= 11 is 0. The van der Waals surface area contributed by atoms with Gasteiger partial charge in [0.15, 0.2) is 11.5 Å². The molecule has 1 rings (SSSR count). The summed E-state index contributed by atoms with van der Waals surface area (Å²) in [5.74, 6) is 0.712. The van der Waals surface area contributed by atoms with Crippen molar-refractivity contribution in [2.24, 2.45) is 0 Å². The van der Waals surface area contributed by atoms with E-state index in [9.17, 15) is 16.8 Å². The van der Waals surface area contributed by atoms with Gasteiger partial charge in [0.05, 0.1) is 25.4 Å². The van der Waals surface area contributed by atoms with Gasteiger partial charge in [-0.15, -0.1) is 0 Å². The average Bonchev–Trinajstić information content (AvgIpc) is 2.56. The Morgan fingerprint density at radius 2 is 1.72 bits per heavy atom. The van der Waals surface area contributed by atoms with Crippen LogP contribution in [0.3, 0.4) is 0 Å². The van der Waals surface area contributed by atoms with E-state index in [4.69, 9.17) is 9.47 Å². The van der Waals surface area contributed by atoms with Crippen LogP contribution in [0.1, 0.15) is 20.3 Å². The standard InChI is InChI=1S/C15H26N2O6S2/c1-6-12(2)17(24(5,18)19)10-9-16-25(20,21)13-7-8-14(22-3)15(11-13)23-4/h7-8,11-12,16H,6,9-10H2,1-5H3. The molecule has 1 N–H and O–H groups in total. The lowest BCUT2D eigenvalue weighted by atomic mass is 10.2. The van der Waals surface area contributed by atoms with E-state index < -0.39 is 20.0 Å². The molecule has 0 bridgehead atoms. The molecule has 25 heavy (non-hydrogen) atoms. The normalized spacial score (nSPS) is 13.7. The van der Waals surface area contributed by atoms with Gasteiger partial charge < -0.3 is 9.47 Å². The maximum absolute atomic E-state index is 12.4. The van der Waals surface area contributed by atoms with Gasteiger partial charge in [0.1, 0.15) is 0 Å². The van der Waals surface area contributed by atoms with Crippen LogP contribution in [-0.2, 0) is 20.0 Å². The zero-order valence-corrected chi connectivity index (χ0v) is 16.8. The Hall–Kier alpha value is -1.36. The zero-order chi connectivity index (χ0) is 19.3. The second-order valence-corrected chi connectivity index (χ2v) is 9.25. The SMILES string of the molecule is CCC(C)N(CCNS(=O)(=O)c1ccc(OC)c(OC)c1)S(C)(=O)=O. The largest absolute Gasteiger partial charge is 0.493 e. The molecule has 1 aromatic rings. The summed E-state index contributed by atoms with van der Waals surface area (Å²) in [6.45, 7) is 3.68. The molecule has 0 amide bonds. The molecular formula is C15H26N2O6S2. The van der Waals surface area contributed by atoms with Crippen LogP contribution in [0.25, 0.3) is 0 Å². The number of hydrogen-bond acceptors (Lipinski definition) is 6. The third-order valence-corrected chi connectivity index (χ3v) is 6.65. The van der Waals surface area contributed by atoms with Gasteiger partial charge in [0, 0.05) is 25.2 Å². The first-order chi connectivity index (χ1) is 11.6. The summed E-state index contributed by atoms with van der Waals surface area (Å²) in [7, 11) is -4.34. The number of hydrogen-bond donors (Lipinski definition) is 1. The molecular weight excluding hydrogens is 368 g/mol. The lowest BCUT2D eigenvalue weighted by Crippen LogP contribution is -2.42. The first-order valence-corrected chi connectivity index (χ1v) is 11.1. The molecule has 0 radical (unpaired) electrons. The van der Waals surface area contributed by atoms with E-state index in [-0.39, 0.29) is 24.0 Å². The van der Waals surface area contributed by atoms with Gasteiger partial charge in [-0.05, 0) is 25.5 Å². The van der Waals surface area contributed by atoms with Gasteiger partial charge in [-0.3, -0.25) is 0 Å². The van der Waals surface area contributed by atoms with Crippen LogP contribution in [0.15, 0.2) is 23.1 Å². The number of nitrogens with zero attached hydrogens (tertiary/aromatic N) is 1. The molecule has 144 valence electrons. The van der Waals surface area contributed by atoms with Crippen molar-refractivity contribution >= 4 is 20.0 Å². The van der Waals surface area contributed by atoms with E-state index in [0.717, 1.165) is 6.26 Å². The summed E-state index contributed by atoms with van der Waals surface area (Å²) in [5.41, 5.74) is 0. The van der Waals surface area contributed by atoms with Crippen LogP contribution < -0.4 is 14.2 Å². The second kappa shape index (κ2) is 8.84. The van der Waals surface area contributed by atoms with E-state index in [1.54, 1.807) is 6.92 Å². The molecule has 0 fully saturated rings. The van der Waals surface area contributed by atoms with Crippen molar-refractivity contribution in [1.29, 1.82) is 0 Å². The fourth-order valence-corrected chi connectivity index (χ4v) is 4.54. The molecule has 1 unspecified atom stereocenters. The highest BCUT2D eigenvalue weighted by Crippen LogP contribution is 2.29. The van der Waals surface area contributed by atoms with Crippen molar-refractivity contribution in [1.82, 2.24) is 9.03 Å². The predicted octanol–water partition coefficient (Wildman–Crippen LogP) is 1.04. The molecule has 0 heterocycles. The summed E-state index contributed by atoms with van der Waals surface area (Å²) < 4.78 is 62.3. The number of sulfonamides is 2. The summed E-state index contributed by atoms with van der Waals surface area (Å²) in [4.78, 5) is 0.0135. The number of nitrogens with one attached hydrogen (secondary N) is 1. The second-order valence-electron chi connectivity index (χ2n) is 5.55. The fourth-order valence-electron chi connectivity index (χ4n) is 2.27. The van der Waals surface area contributed by atoms with Crippen molar-refractivity contribution in [3.8, 4) is 11.5 Å². The van der Waals surface area contributed by atoms with Gasteiger partial charge in [0.2, 0.25) is 20.0 Å². The van der Waals surface area contributed by atoms with Crippen molar-refractivity contribution in [3.05, 3.63) is 18.2 Å². The monoisotopic (exact) mass is 394 g/mol. The van der Waals surface area contributed by atoms with Crippen LogP contribution in [0.5, 0.6) is 11.5 Å². The lowest BCUT2D eigenvalue weighted by molar-refractivity contribution is 0.335. The molecule has 0 saturated heterocycles. The summed E-state index contributed by atoms with van der Waals surface area (Å²) in [6.07, 6.45) is 1.75. The van der Waals surface area contributed by atoms with E-state index in [1.807, 2.05) is 6.92 Å². The molecule has 0 spiro atoms. The Bertz CT molecular complexity index is 777. The van der Waals surface area contributed by atoms with Crippen LogP contribution in [0.2, 0.25) is 0 Å². The summed E-state index contributed by atoms with van der Waals surface area (Å²) in [6, 6.07) is 4.03. The minimum absolute atomic E-state index is 0.0135. The van der Waals surface area contributed by atoms with Crippen molar-refractivity contribution < 1.29 is 26.3 Å². The minimum atomic E-state index is -3.80. The Morgan fingerprint density at radius 1 is 1.12 bits per heavy atom. The lowest BCUT2D eigenvalue weighted by Gasteiger charge is -2.26. The van der Waals surface area contributed by atoms with Crippen LogP contribution in [0, 0.1) is 0 Å². The summed E-state index contributed by atoms with van der Waals surface area (Å²) in [5, 5.41) is 0. The first kappa shape index (κ1) is 21.7. The molecule has 0 aliphatic carbocycles. The predicted molar refractivity (Wildman–Crippen MR) is 96.0 cm³/mol. The molecule has 0 saturated carbocycles. The van der Waals surface area contributed by atoms with Gasteiger partial charge >= 0.3 is 0 Å². The topological polar surface area (TPSA) is 102 Å². The number of benzene rings is 1. The van der Waals surface area contributed by atoms with E-state index in [0.29, 0.717) is 17.9 Å². The molecule has 0 aliphatic heterocycles. The third-order valence-electron chi connectivity index (χ3n) is 3.80.